The maximum Gasteiger partial charge on any atom is 0.321 e. The first-order chi connectivity index (χ1) is 9.32. The van der Waals surface area contributed by atoms with Crippen LogP contribution in [0, 0.1) is 0 Å². The van der Waals surface area contributed by atoms with Gasteiger partial charge < -0.3 is 4.74 Å². The lowest BCUT2D eigenvalue weighted by Gasteiger charge is -2.19. The van der Waals surface area contributed by atoms with Crippen molar-refractivity contribution in [2.24, 2.45) is 0 Å². The van der Waals surface area contributed by atoms with Gasteiger partial charge in [-0.25, -0.2) is 8.42 Å². The highest BCUT2D eigenvalue weighted by molar-refractivity contribution is 9.12. The second-order valence-corrected chi connectivity index (χ2v) is 9.24. The number of hydrogen-bond donors (Lipinski definition) is 0. The number of nitrogens with zero attached hydrogens (tertiary/aromatic N) is 1. The van der Waals surface area contributed by atoms with Gasteiger partial charge in [0.1, 0.15) is 11.4 Å². The van der Waals surface area contributed by atoms with Crippen LogP contribution in [-0.4, -0.2) is 38.4 Å². The number of esters is 1. The summed E-state index contributed by atoms with van der Waals surface area (Å²) in [5.41, 5.74) is 0. The van der Waals surface area contributed by atoms with Crippen LogP contribution in [0.15, 0.2) is 31.2 Å². The fourth-order valence-electron chi connectivity index (χ4n) is 1.38. The molecule has 20 heavy (non-hydrogen) atoms. The maximum atomic E-state index is 12.5. The third kappa shape index (κ3) is 4.39. The molecule has 0 aliphatic heterocycles. The number of carbonyl (C=O) groups excluding carboxylic acids is 1. The van der Waals surface area contributed by atoms with E-state index in [2.05, 4.69) is 38.4 Å². The topological polar surface area (TPSA) is 63.7 Å². The summed E-state index contributed by atoms with van der Waals surface area (Å²) in [7, 11) is -3.79. The van der Waals surface area contributed by atoms with Gasteiger partial charge >= 0.3 is 5.97 Å². The van der Waals surface area contributed by atoms with Gasteiger partial charge in [0.05, 0.1) is 14.2 Å². The molecule has 112 valence electrons. The van der Waals surface area contributed by atoms with Crippen molar-refractivity contribution < 1.29 is 17.9 Å². The minimum atomic E-state index is -3.79. The SMILES string of the molecule is C=CCN(CC(=O)OCC)S(=O)(=O)c1cc(Br)sc1Br. The van der Waals surface area contributed by atoms with Crippen molar-refractivity contribution in [3.63, 3.8) is 0 Å². The van der Waals surface area contributed by atoms with E-state index < -0.39 is 16.0 Å². The number of halogens is 2. The lowest BCUT2D eigenvalue weighted by atomic mass is 10.5. The van der Waals surface area contributed by atoms with E-state index in [9.17, 15) is 13.2 Å². The summed E-state index contributed by atoms with van der Waals surface area (Å²) in [6.45, 7) is 5.06. The van der Waals surface area contributed by atoms with Crippen molar-refractivity contribution in [2.75, 3.05) is 19.7 Å². The summed E-state index contributed by atoms with van der Waals surface area (Å²) >= 11 is 7.69. The summed E-state index contributed by atoms with van der Waals surface area (Å²) in [5, 5.41) is 0. The van der Waals surface area contributed by atoms with Crippen molar-refractivity contribution in [3.05, 3.63) is 26.3 Å². The Kier molecular flexibility index (Phi) is 6.86. The Bertz CT molecular complexity index is 598. The van der Waals surface area contributed by atoms with Crippen molar-refractivity contribution in [1.82, 2.24) is 4.31 Å². The van der Waals surface area contributed by atoms with Gasteiger partial charge in [0, 0.05) is 6.54 Å². The van der Waals surface area contributed by atoms with Gasteiger partial charge in [-0.15, -0.1) is 17.9 Å². The van der Waals surface area contributed by atoms with Crippen molar-refractivity contribution >= 4 is 59.2 Å². The molecular formula is C11H13Br2NO4S2. The lowest BCUT2D eigenvalue weighted by molar-refractivity contribution is -0.143. The molecule has 0 spiro atoms. The molecule has 5 nitrogen and oxygen atoms in total. The smallest absolute Gasteiger partial charge is 0.321 e. The predicted octanol–water partition coefficient (Wildman–Crippen LogP) is 3.01. The van der Waals surface area contributed by atoms with Crippen molar-refractivity contribution in [2.45, 2.75) is 11.8 Å². The highest BCUT2D eigenvalue weighted by atomic mass is 79.9. The Hall–Kier alpha value is -0.220. The molecular weight excluding hydrogens is 434 g/mol. The number of rotatable bonds is 7. The van der Waals surface area contributed by atoms with E-state index in [-0.39, 0.29) is 24.6 Å². The predicted molar refractivity (Wildman–Crippen MR) is 85.3 cm³/mol. The van der Waals surface area contributed by atoms with E-state index in [1.165, 1.54) is 23.5 Å². The van der Waals surface area contributed by atoms with E-state index in [1.54, 1.807) is 6.92 Å². The van der Waals surface area contributed by atoms with E-state index in [4.69, 9.17) is 4.74 Å². The second-order valence-electron chi connectivity index (χ2n) is 3.58. The highest BCUT2D eigenvalue weighted by Crippen LogP contribution is 2.36. The van der Waals surface area contributed by atoms with E-state index in [0.717, 1.165) is 4.31 Å². The summed E-state index contributed by atoms with van der Waals surface area (Å²) in [4.78, 5) is 11.6. The molecule has 0 aliphatic rings. The van der Waals surface area contributed by atoms with Crippen LogP contribution in [0.25, 0.3) is 0 Å². The van der Waals surface area contributed by atoms with Crippen LogP contribution in [-0.2, 0) is 19.6 Å². The molecule has 0 fully saturated rings. The monoisotopic (exact) mass is 445 g/mol. The Morgan fingerprint density at radius 1 is 1.55 bits per heavy atom. The van der Waals surface area contributed by atoms with Gasteiger partial charge in [-0.05, 0) is 44.8 Å². The number of ether oxygens (including phenoxy) is 1. The third-order valence-electron chi connectivity index (χ3n) is 2.19. The molecule has 9 heteroatoms. The Labute approximate surface area is 138 Å². The van der Waals surface area contributed by atoms with Crippen LogP contribution >= 0.6 is 43.2 Å². The molecule has 0 aromatic carbocycles. The van der Waals surface area contributed by atoms with Crippen LogP contribution in [0.1, 0.15) is 6.92 Å². The highest BCUT2D eigenvalue weighted by Gasteiger charge is 2.29. The van der Waals surface area contributed by atoms with Crippen LogP contribution in [0.2, 0.25) is 0 Å². The van der Waals surface area contributed by atoms with Crippen molar-refractivity contribution in [1.29, 1.82) is 0 Å². The van der Waals surface area contributed by atoms with Gasteiger partial charge in [-0.1, -0.05) is 6.08 Å². The average molecular weight is 447 g/mol. The second kappa shape index (κ2) is 7.69. The molecule has 0 N–H and O–H groups in total. The third-order valence-corrected chi connectivity index (χ3v) is 6.75. The summed E-state index contributed by atoms with van der Waals surface area (Å²) in [6.07, 6.45) is 1.42. The Morgan fingerprint density at radius 3 is 2.65 bits per heavy atom. The minimum absolute atomic E-state index is 0.0288. The maximum absolute atomic E-state index is 12.5. The zero-order chi connectivity index (χ0) is 15.3. The Morgan fingerprint density at radius 2 is 2.20 bits per heavy atom. The zero-order valence-electron chi connectivity index (χ0n) is 10.6. The molecule has 0 saturated heterocycles. The average Bonchev–Trinajstić information content (AvgIpc) is 2.69. The van der Waals surface area contributed by atoms with Crippen LogP contribution in [0.3, 0.4) is 0 Å². The van der Waals surface area contributed by atoms with E-state index >= 15 is 0 Å². The van der Waals surface area contributed by atoms with E-state index in [0.29, 0.717) is 7.57 Å². The molecule has 1 heterocycles. The molecule has 0 saturated carbocycles. The van der Waals surface area contributed by atoms with Crippen molar-refractivity contribution in [3.8, 4) is 0 Å². The molecule has 0 atom stereocenters. The molecule has 0 unspecified atom stereocenters. The molecule has 1 rings (SSSR count). The van der Waals surface area contributed by atoms with Crippen LogP contribution in [0.5, 0.6) is 0 Å². The number of sulfonamides is 1. The van der Waals surface area contributed by atoms with Gasteiger partial charge in [0.25, 0.3) is 0 Å². The molecule has 0 aliphatic carbocycles. The fraction of sp³-hybridized carbons (Fsp3) is 0.364. The van der Waals surface area contributed by atoms with Gasteiger partial charge in [0.2, 0.25) is 10.0 Å². The van der Waals surface area contributed by atoms with Gasteiger partial charge in [0.15, 0.2) is 0 Å². The number of hydrogen-bond acceptors (Lipinski definition) is 5. The first-order valence-electron chi connectivity index (χ1n) is 5.54. The van der Waals surface area contributed by atoms with E-state index in [1.807, 2.05) is 0 Å². The normalized spacial score (nSPS) is 11.6. The fourth-order valence-corrected chi connectivity index (χ4v) is 6.50. The molecule has 0 bridgehead atoms. The zero-order valence-corrected chi connectivity index (χ0v) is 15.4. The van der Waals surface area contributed by atoms with Crippen LogP contribution < -0.4 is 0 Å². The summed E-state index contributed by atoms with van der Waals surface area (Å²) in [5.74, 6) is -0.594. The molecule has 1 aromatic heterocycles. The quantitative estimate of drug-likeness (QED) is 0.477. The van der Waals surface area contributed by atoms with Crippen LogP contribution in [0.4, 0.5) is 0 Å². The Balaban J connectivity index is 3.09. The van der Waals surface area contributed by atoms with Gasteiger partial charge in [-0.2, -0.15) is 4.31 Å². The molecule has 0 amide bonds. The molecule has 1 aromatic rings. The first-order valence-corrected chi connectivity index (χ1v) is 9.38. The standard InChI is InChI=1S/C11H13Br2NO4S2/c1-3-5-14(7-10(15)18-4-2)20(16,17)8-6-9(12)19-11(8)13/h3,6H,1,4-5,7H2,2H3. The summed E-state index contributed by atoms with van der Waals surface area (Å²) < 4.78 is 32.0. The number of thiophene rings is 1. The van der Waals surface area contributed by atoms with Gasteiger partial charge in [-0.3, -0.25) is 4.79 Å². The number of carbonyl (C=O) groups is 1. The molecule has 0 radical (unpaired) electrons. The first kappa shape index (κ1) is 17.8. The minimum Gasteiger partial charge on any atom is -0.465 e. The summed E-state index contributed by atoms with van der Waals surface area (Å²) in [6, 6.07) is 1.49. The lowest BCUT2D eigenvalue weighted by Crippen LogP contribution is -2.36. The largest absolute Gasteiger partial charge is 0.465 e.